The molecule has 2 aromatic carbocycles. The van der Waals surface area contributed by atoms with Crippen LogP contribution in [0.5, 0.6) is 0 Å². The Morgan fingerprint density at radius 3 is 1.71 bits per heavy atom. The van der Waals surface area contributed by atoms with Gasteiger partial charge < -0.3 is 9.80 Å². The minimum absolute atomic E-state index is 0.220. The minimum Gasteiger partial charge on any atom is -0.354 e. The SMILES string of the molecule is C/C(=N\NC(=S)N(C)C)c1ccccc1SSc1ccccc1/C(=N/NC(=S)N(C)C)C(C)C. The average Bonchev–Trinajstić information content (AvgIpc) is 2.81. The zero-order valence-electron chi connectivity index (χ0n) is 20.6. The summed E-state index contributed by atoms with van der Waals surface area (Å²) < 4.78 is 0. The second-order valence-electron chi connectivity index (χ2n) is 8.13. The van der Waals surface area contributed by atoms with Crippen molar-refractivity contribution < 1.29 is 0 Å². The molecule has 0 aliphatic rings. The molecular weight excluding hydrogens is 501 g/mol. The Kier molecular flexibility index (Phi) is 11.3. The van der Waals surface area contributed by atoms with Gasteiger partial charge in [-0.3, -0.25) is 10.9 Å². The highest BCUT2D eigenvalue weighted by Crippen LogP contribution is 2.41. The van der Waals surface area contributed by atoms with Crippen molar-refractivity contribution in [2.75, 3.05) is 28.2 Å². The van der Waals surface area contributed by atoms with Crippen molar-refractivity contribution >= 4 is 67.7 Å². The third-order valence-corrected chi connectivity index (χ3v) is 8.01. The zero-order chi connectivity index (χ0) is 25.3. The molecule has 0 spiro atoms. The third-order valence-electron chi connectivity index (χ3n) is 4.61. The fourth-order valence-electron chi connectivity index (χ4n) is 2.68. The summed E-state index contributed by atoms with van der Waals surface area (Å²) in [6.07, 6.45) is 0. The number of nitrogens with one attached hydrogen (secondary N) is 2. The second-order valence-corrected chi connectivity index (χ2v) is 11.1. The minimum atomic E-state index is 0.220. The number of hydrazone groups is 2. The summed E-state index contributed by atoms with van der Waals surface area (Å²) in [4.78, 5) is 5.90. The maximum Gasteiger partial charge on any atom is 0.189 e. The summed E-state index contributed by atoms with van der Waals surface area (Å²) in [5.41, 5.74) is 9.92. The first-order valence-corrected chi connectivity index (χ1v) is 13.7. The molecule has 0 bridgehead atoms. The van der Waals surface area contributed by atoms with Gasteiger partial charge in [0.05, 0.1) is 11.4 Å². The number of benzene rings is 2. The van der Waals surface area contributed by atoms with Crippen LogP contribution in [0.4, 0.5) is 0 Å². The Morgan fingerprint density at radius 1 is 0.765 bits per heavy atom. The third kappa shape index (κ3) is 8.26. The molecule has 0 unspecified atom stereocenters. The summed E-state index contributed by atoms with van der Waals surface area (Å²) in [5, 5.41) is 10.3. The van der Waals surface area contributed by atoms with Crippen molar-refractivity contribution in [1.82, 2.24) is 20.7 Å². The molecule has 6 nitrogen and oxygen atoms in total. The van der Waals surface area contributed by atoms with Crippen LogP contribution in [0.25, 0.3) is 0 Å². The Labute approximate surface area is 222 Å². The number of rotatable bonds is 8. The van der Waals surface area contributed by atoms with E-state index in [1.54, 1.807) is 21.6 Å². The highest BCUT2D eigenvalue weighted by molar-refractivity contribution is 8.76. The van der Waals surface area contributed by atoms with Crippen molar-refractivity contribution in [3.05, 3.63) is 59.7 Å². The molecule has 0 atom stereocenters. The number of hydrogen-bond donors (Lipinski definition) is 2. The van der Waals surface area contributed by atoms with Gasteiger partial charge in [0.25, 0.3) is 0 Å². The molecule has 2 N–H and O–H groups in total. The molecule has 10 heteroatoms. The fourth-order valence-corrected chi connectivity index (χ4v) is 5.20. The molecule has 2 rings (SSSR count). The lowest BCUT2D eigenvalue weighted by molar-refractivity contribution is 0.605. The highest BCUT2D eigenvalue weighted by Gasteiger charge is 2.15. The quantitative estimate of drug-likeness (QED) is 0.202. The van der Waals surface area contributed by atoms with E-state index in [2.05, 4.69) is 59.2 Å². The molecule has 0 heterocycles. The van der Waals surface area contributed by atoms with Gasteiger partial charge in [0.15, 0.2) is 10.2 Å². The summed E-state index contributed by atoms with van der Waals surface area (Å²) in [6, 6.07) is 16.5. The maximum absolute atomic E-state index is 5.34. The molecule has 0 fully saturated rings. The maximum atomic E-state index is 5.34. The van der Waals surface area contributed by atoms with E-state index in [0.717, 1.165) is 32.3 Å². The van der Waals surface area contributed by atoms with E-state index in [4.69, 9.17) is 24.4 Å². The van der Waals surface area contributed by atoms with E-state index in [0.29, 0.717) is 10.2 Å². The van der Waals surface area contributed by atoms with Crippen molar-refractivity contribution in [2.24, 2.45) is 16.1 Å². The van der Waals surface area contributed by atoms with Crippen LogP contribution < -0.4 is 10.9 Å². The van der Waals surface area contributed by atoms with E-state index >= 15 is 0 Å². The first kappa shape index (κ1) is 28.1. The monoisotopic (exact) mass is 532 g/mol. The van der Waals surface area contributed by atoms with E-state index in [9.17, 15) is 0 Å². The number of hydrogen-bond acceptors (Lipinski definition) is 6. The Morgan fingerprint density at radius 2 is 1.21 bits per heavy atom. The highest BCUT2D eigenvalue weighted by atomic mass is 33.1. The smallest absolute Gasteiger partial charge is 0.189 e. The fraction of sp³-hybridized carbons (Fsp3) is 0.333. The summed E-state index contributed by atoms with van der Waals surface area (Å²) in [6.45, 7) is 6.24. The summed E-state index contributed by atoms with van der Waals surface area (Å²) >= 11 is 10.6. The van der Waals surface area contributed by atoms with Crippen LogP contribution >= 0.6 is 46.0 Å². The van der Waals surface area contributed by atoms with Gasteiger partial charge >= 0.3 is 0 Å². The first-order valence-electron chi connectivity index (χ1n) is 10.7. The van der Waals surface area contributed by atoms with Crippen LogP contribution in [-0.2, 0) is 0 Å². The van der Waals surface area contributed by atoms with Gasteiger partial charge in [0.2, 0.25) is 0 Å². The van der Waals surface area contributed by atoms with E-state index < -0.39 is 0 Å². The predicted octanol–water partition coefficient (Wildman–Crippen LogP) is 5.44. The van der Waals surface area contributed by atoms with Gasteiger partial charge in [-0.05, 0) is 49.4 Å². The molecule has 2 aromatic rings. The van der Waals surface area contributed by atoms with Crippen LogP contribution in [0.1, 0.15) is 31.9 Å². The topological polar surface area (TPSA) is 55.3 Å². The van der Waals surface area contributed by atoms with Crippen molar-refractivity contribution in [2.45, 2.75) is 30.6 Å². The molecule has 0 radical (unpaired) electrons. The van der Waals surface area contributed by atoms with Gasteiger partial charge in [-0.15, -0.1) is 0 Å². The lowest BCUT2D eigenvalue weighted by Gasteiger charge is -2.17. The summed E-state index contributed by atoms with van der Waals surface area (Å²) in [7, 11) is 11.0. The van der Waals surface area contributed by atoms with Crippen LogP contribution in [0.2, 0.25) is 0 Å². The lowest BCUT2D eigenvalue weighted by atomic mass is 10.0. The van der Waals surface area contributed by atoms with Gasteiger partial charge in [0, 0.05) is 49.1 Å². The van der Waals surface area contributed by atoms with Gasteiger partial charge in [-0.25, -0.2) is 0 Å². The average molecular weight is 533 g/mol. The van der Waals surface area contributed by atoms with Gasteiger partial charge in [-0.1, -0.05) is 71.8 Å². The van der Waals surface area contributed by atoms with Crippen molar-refractivity contribution in [3.8, 4) is 0 Å². The molecule has 0 saturated heterocycles. The lowest BCUT2D eigenvalue weighted by Crippen LogP contribution is -2.32. The van der Waals surface area contributed by atoms with Crippen LogP contribution in [-0.4, -0.2) is 59.6 Å². The van der Waals surface area contributed by atoms with E-state index in [1.165, 1.54) is 0 Å². The van der Waals surface area contributed by atoms with Crippen LogP contribution in [0.15, 0.2) is 68.5 Å². The molecule has 182 valence electrons. The zero-order valence-corrected chi connectivity index (χ0v) is 23.9. The molecule has 0 amide bonds. The molecule has 0 aliphatic carbocycles. The second kappa shape index (κ2) is 13.7. The Balaban J connectivity index is 2.28. The van der Waals surface area contributed by atoms with Gasteiger partial charge in [0.1, 0.15) is 0 Å². The van der Waals surface area contributed by atoms with E-state index in [-0.39, 0.29) is 5.92 Å². The molecule has 0 aromatic heterocycles. The normalized spacial score (nSPS) is 11.9. The molecular formula is C24H32N6S4. The number of thiocarbonyl (C=S) groups is 2. The van der Waals surface area contributed by atoms with Crippen molar-refractivity contribution in [1.29, 1.82) is 0 Å². The number of nitrogens with zero attached hydrogens (tertiary/aromatic N) is 4. The molecule has 0 saturated carbocycles. The first-order chi connectivity index (χ1) is 16.1. The Bertz CT molecular complexity index is 1060. The van der Waals surface area contributed by atoms with E-state index in [1.807, 2.05) is 69.2 Å². The van der Waals surface area contributed by atoms with Crippen molar-refractivity contribution in [3.63, 3.8) is 0 Å². The van der Waals surface area contributed by atoms with Gasteiger partial charge in [-0.2, -0.15) is 10.2 Å². The largest absolute Gasteiger partial charge is 0.354 e. The standard InChI is InChI=1S/C24H32N6S4/c1-16(2)22(26-28-24(32)30(6)7)19-13-9-11-15-21(19)34-33-20-14-10-8-12-18(20)17(3)25-27-23(31)29(4)5/h8-16H,1-7H3,(H,27,31)(H,28,32)/b25-17+,26-22+. The summed E-state index contributed by atoms with van der Waals surface area (Å²) in [5.74, 6) is 0.220. The van der Waals surface area contributed by atoms with Crippen LogP contribution in [0.3, 0.4) is 0 Å². The van der Waals surface area contributed by atoms with Crippen LogP contribution in [0, 0.1) is 5.92 Å². The molecule has 34 heavy (non-hydrogen) atoms. The predicted molar refractivity (Wildman–Crippen MR) is 157 cm³/mol. The molecule has 0 aliphatic heterocycles. The Hall–Kier alpha value is -2.14.